The first-order valence-electron chi connectivity index (χ1n) is 8.65. The van der Waals surface area contributed by atoms with Gasteiger partial charge in [-0.1, -0.05) is 5.16 Å². The lowest BCUT2D eigenvalue weighted by Crippen LogP contribution is -2.44. The molecule has 9 nitrogen and oxygen atoms in total. The van der Waals surface area contributed by atoms with E-state index in [1.807, 2.05) is 11.8 Å². The fraction of sp³-hybridized carbons (Fsp3) is 0.529. The van der Waals surface area contributed by atoms with Gasteiger partial charge in [0, 0.05) is 25.2 Å². The maximum atomic E-state index is 12.5. The largest absolute Gasteiger partial charge is 0.504 e. The van der Waals surface area contributed by atoms with Gasteiger partial charge >= 0.3 is 0 Å². The second-order valence-corrected chi connectivity index (χ2v) is 6.69. The molecule has 2 aromatic rings. The molecule has 9 heteroatoms. The number of carbonyl (C=O) groups is 2. The molecule has 1 fully saturated rings. The number of hydrogen-bond acceptors (Lipinski definition) is 6. The number of aryl methyl sites for hydroxylation is 2. The molecule has 3 rings (SSSR count). The van der Waals surface area contributed by atoms with E-state index in [1.54, 1.807) is 6.92 Å². The van der Waals surface area contributed by atoms with Crippen LogP contribution >= 0.6 is 0 Å². The van der Waals surface area contributed by atoms with Gasteiger partial charge in [-0.3, -0.25) is 14.7 Å². The van der Waals surface area contributed by atoms with E-state index >= 15 is 0 Å². The van der Waals surface area contributed by atoms with Crippen molar-refractivity contribution >= 4 is 11.8 Å². The molecule has 1 saturated heterocycles. The molecule has 0 saturated carbocycles. The topological polar surface area (TPSA) is 124 Å². The summed E-state index contributed by atoms with van der Waals surface area (Å²) in [5.41, 5.74) is 1.98. The van der Waals surface area contributed by atoms with Crippen LogP contribution in [0.4, 0.5) is 0 Å². The molecule has 0 spiro atoms. The molecule has 0 aliphatic carbocycles. The molecule has 26 heavy (non-hydrogen) atoms. The van der Waals surface area contributed by atoms with Crippen molar-refractivity contribution in [3.05, 3.63) is 28.9 Å². The Kier molecular flexibility index (Phi) is 5.24. The van der Waals surface area contributed by atoms with Crippen molar-refractivity contribution in [3.63, 3.8) is 0 Å². The first-order valence-corrected chi connectivity index (χ1v) is 8.65. The van der Waals surface area contributed by atoms with E-state index in [0.717, 1.165) is 24.1 Å². The SMILES string of the molecule is Cc1nocc1CC(=O)N1CCCC(CNC(=O)c2[nH]nc(C)c2O)C1. The molecule has 0 aromatic carbocycles. The molecule has 2 aromatic heterocycles. The second kappa shape index (κ2) is 7.59. The van der Waals surface area contributed by atoms with Crippen LogP contribution in [0, 0.1) is 19.8 Å². The third-order valence-corrected chi connectivity index (χ3v) is 4.76. The molecule has 0 radical (unpaired) electrons. The summed E-state index contributed by atoms with van der Waals surface area (Å²) in [6.07, 6.45) is 3.61. The average Bonchev–Trinajstić information content (AvgIpc) is 3.19. The van der Waals surface area contributed by atoms with Crippen LogP contribution in [-0.2, 0) is 11.2 Å². The van der Waals surface area contributed by atoms with Crippen LogP contribution in [0.2, 0.25) is 0 Å². The van der Waals surface area contributed by atoms with Gasteiger partial charge < -0.3 is 19.8 Å². The lowest BCUT2D eigenvalue weighted by molar-refractivity contribution is -0.132. The zero-order chi connectivity index (χ0) is 18.7. The minimum absolute atomic E-state index is 0.0363. The molecule has 140 valence electrons. The summed E-state index contributed by atoms with van der Waals surface area (Å²) < 4.78 is 4.88. The Hall–Kier alpha value is -2.84. The minimum atomic E-state index is -0.397. The van der Waals surface area contributed by atoms with Crippen LogP contribution in [0.3, 0.4) is 0 Å². The number of rotatable bonds is 5. The summed E-state index contributed by atoms with van der Waals surface area (Å²) in [6.45, 7) is 5.18. The normalized spacial score (nSPS) is 17.3. The van der Waals surface area contributed by atoms with Crippen LogP contribution in [0.1, 0.15) is 40.3 Å². The van der Waals surface area contributed by atoms with Crippen LogP contribution < -0.4 is 5.32 Å². The number of hydrogen-bond donors (Lipinski definition) is 3. The summed E-state index contributed by atoms with van der Waals surface area (Å²) in [4.78, 5) is 26.5. The Morgan fingerprint density at radius 2 is 2.23 bits per heavy atom. The molecule has 1 aliphatic rings. The first kappa shape index (κ1) is 18.0. The highest BCUT2D eigenvalue weighted by Crippen LogP contribution is 2.20. The number of piperidine rings is 1. The molecule has 1 atom stereocenters. The monoisotopic (exact) mass is 361 g/mol. The predicted molar refractivity (Wildman–Crippen MR) is 91.6 cm³/mol. The highest BCUT2D eigenvalue weighted by molar-refractivity contribution is 5.95. The molecular formula is C17H23N5O4. The predicted octanol–water partition coefficient (Wildman–Crippen LogP) is 0.931. The summed E-state index contributed by atoms with van der Waals surface area (Å²) in [5, 5.41) is 22.7. The maximum Gasteiger partial charge on any atom is 0.273 e. The van der Waals surface area contributed by atoms with Crippen LogP contribution in [0.5, 0.6) is 5.75 Å². The molecule has 1 aliphatic heterocycles. The van der Waals surface area contributed by atoms with Crippen molar-refractivity contribution < 1.29 is 19.2 Å². The summed E-state index contributed by atoms with van der Waals surface area (Å²) in [7, 11) is 0. The second-order valence-electron chi connectivity index (χ2n) is 6.69. The van der Waals surface area contributed by atoms with E-state index in [1.165, 1.54) is 6.26 Å². The molecule has 3 heterocycles. The fourth-order valence-corrected chi connectivity index (χ4v) is 3.13. The van der Waals surface area contributed by atoms with Gasteiger partial charge in [-0.25, -0.2) is 0 Å². The number of aromatic amines is 1. The first-order chi connectivity index (χ1) is 12.5. The van der Waals surface area contributed by atoms with E-state index in [9.17, 15) is 14.7 Å². The van der Waals surface area contributed by atoms with E-state index in [0.29, 0.717) is 25.3 Å². The zero-order valence-corrected chi connectivity index (χ0v) is 14.9. The van der Waals surface area contributed by atoms with Crippen molar-refractivity contribution in [2.45, 2.75) is 33.1 Å². The molecule has 2 amide bonds. The Labute approximate surface area is 150 Å². The van der Waals surface area contributed by atoms with E-state index < -0.39 is 5.91 Å². The van der Waals surface area contributed by atoms with Gasteiger partial charge in [0.05, 0.1) is 12.1 Å². The quantitative estimate of drug-likeness (QED) is 0.728. The number of aromatic hydroxyl groups is 1. The Morgan fingerprint density at radius 3 is 2.88 bits per heavy atom. The van der Waals surface area contributed by atoms with Crippen LogP contribution in [-0.4, -0.2) is 56.8 Å². The van der Waals surface area contributed by atoms with E-state index in [4.69, 9.17) is 4.52 Å². The van der Waals surface area contributed by atoms with E-state index in [2.05, 4.69) is 20.7 Å². The third kappa shape index (κ3) is 3.87. The number of amides is 2. The van der Waals surface area contributed by atoms with Crippen molar-refractivity contribution in [1.29, 1.82) is 0 Å². The molecule has 1 unspecified atom stereocenters. The maximum absolute atomic E-state index is 12.5. The lowest BCUT2D eigenvalue weighted by Gasteiger charge is -2.33. The lowest BCUT2D eigenvalue weighted by atomic mass is 9.97. The highest BCUT2D eigenvalue weighted by Gasteiger charge is 2.25. The van der Waals surface area contributed by atoms with Crippen LogP contribution in [0.15, 0.2) is 10.8 Å². The van der Waals surface area contributed by atoms with Gasteiger partial charge in [-0.15, -0.1) is 0 Å². The Bertz CT molecular complexity index is 797. The number of aromatic nitrogens is 3. The summed E-state index contributed by atoms with van der Waals surface area (Å²) in [6, 6.07) is 0. The minimum Gasteiger partial charge on any atom is -0.504 e. The van der Waals surface area contributed by atoms with E-state index in [-0.39, 0.29) is 29.7 Å². The number of carbonyl (C=O) groups excluding carboxylic acids is 2. The van der Waals surface area contributed by atoms with Crippen molar-refractivity contribution in [3.8, 4) is 5.75 Å². The van der Waals surface area contributed by atoms with Crippen molar-refractivity contribution in [2.24, 2.45) is 5.92 Å². The van der Waals surface area contributed by atoms with Crippen LogP contribution in [0.25, 0.3) is 0 Å². The number of likely N-dealkylation sites (tertiary alicyclic amines) is 1. The number of nitrogens with zero attached hydrogens (tertiary/aromatic N) is 3. The summed E-state index contributed by atoms with van der Waals surface area (Å²) >= 11 is 0. The zero-order valence-electron chi connectivity index (χ0n) is 14.9. The standard InChI is InChI=1S/C17H23N5O4/c1-10-13(9-26-21-10)6-14(23)22-5-3-4-12(8-22)7-18-17(25)15-16(24)11(2)19-20-15/h9,12,24H,3-8H2,1-2H3,(H,18,25)(H,19,20). The van der Waals surface area contributed by atoms with Crippen molar-refractivity contribution in [2.75, 3.05) is 19.6 Å². The van der Waals surface area contributed by atoms with Gasteiger partial charge in [0.25, 0.3) is 5.91 Å². The van der Waals surface area contributed by atoms with Gasteiger partial charge in [-0.2, -0.15) is 5.10 Å². The van der Waals surface area contributed by atoms with Gasteiger partial charge in [0.1, 0.15) is 12.0 Å². The van der Waals surface area contributed by atoms with Gasteiger partial charge in [-0.05, 0) is 32.6 Å². The number of H-pyrrole nitrogens is 1. The molecular weight excluding hydrogens is 338 g/mol. The van der Waals surface area contributed by atoms with Gasteiger partial charge in [0.2, 0.25) is 5.91 Å². The summed E-state index contributed by atoms with van der Waals surface area (Å²) in [5.74, 6) is -0.320. The van der Waals surface area contributed by atoms with Gasteiger partial charge in [0.15, 0.2) is 11.4 Å². The molecule has 3 N–H and O–H groups in total. The smallest absolute Gasteiger partial charge is 0.273 e. The third-order valence-electron chi connectivity index (χ3n) is 4.76. The Morgan fingerprint density at radius 1 is 1.42 bits per heavy atom. The molecule has 0 bridgehead atoms. The fourth-order valence-electron chi connectivity index (χ4n) is 3.13. The Balaban J connectivity index is 1.52. The van der Waals surface area contributed by atoms with Crippen molar-refractivity contribution in [1.82, 2.24) is 25.6 Å². The number of nitrogens with one attached hydrogen (secondary N) is 2. The highest BCUT2D eigenvalue weighted by atomic mass is 16.5. The average molecular weight is 361 g/mol.